The number of hydrogen-bond acceptors (Lipinski definition) is 2. The zero-order chi connectivity index (χ0) is 13.2. The Morgan fingerprint density at radius 3 is 1.94 bits per heavy atom. The highest BCUT2D eigenvalue weighted by Crippen LogP contribution is 2.17. The highest BCUT2D eigenvalue weighted by atomic mass is 16.2. The molecule has 0 bridgehead atoms. The summed E-state index contributed by atoms with van der Waals surface area (Å²) in [6, 6.07) is 8.65. The number of aliphatic hydroxyl groups excluding tert-OH is 1. The average Bonchev–Trinajstić information content (AvgIpc) is 2.41. The van der Waals surface area contributed by atoms with Crippen LogP contribution in [0.2, 0.25) is 0 Å². The molecule has 0 saturated heterocycles. The summed E-state index contributed by atoms with van der Waals surface area (Å²) in [7, 11) is 0. The molecule has 1 rings (SSSR count). The van der Waals surface area contributed by atoms with Crippen molar-refractivity contribution in [2.24, 2.45) is 0 Å². The first-order valence-corrected chi connectivity index (χ1v) is 7.26. The SMILES string of the molecule is CCCCN(CCCC)c1ccc(CCO)cc1. The fourth-order valence-electron chi connectivity index (χ4n) is 2.07. The van der Waals surface area contributed by atoms with E-state index in [2.05, 4.69) is 43.0 Å². The highest BCUT2D eigenvalue weighted by molar-refractivity contribution is 5.47. The smallest absolute Gasteiger partial charge is 0.0471 e. The molecule has 102 valence electrons. The van der Waals surface area contributed by atoms with Crippen LogP contribution in [-0.4, -0.2) is 24.8 Å². The Labute approximate surface area is 112 Å². The molecule has 0 aliphatic carbocycles. The van der Waals surface area contributed by atoms with Gasteiger partial charge >= 0.3 is 0 Å². The molecular weight excluding hydrogens is 222 g/mol. The number of anilines is 1. The van der Waals surface area contributed by atoms with Gasteiger partial charge in [0.05, 0.1) is 0 Å². The van der Waals surface area contributed by atoms with E-state index in [1.807, 2.05) is 0 Å². The zero-order valence-electron chi connectivity index (χ0n) is 11.9. The fraction of sp³-hybridized carbons (Fsp3) is 0.625. The summed E-state index contributed by atoms with van der Waals surface area (Å²) in [5.74, 6) is 0. The maximum atomic E-state index is 8.92. The van der Waals surface area contributed by atoms with E-state index in [-0.39, 0.29) is 6.61 Å². The summed E-state index contributed by atoms with van der Waals surface area (Å²) >= 11 is 0. The summed E-state index contributed by atoms with van der Waals surface area (Å²) < 4.78 is 0. The summed E-state index contributed by atoms with van der Waals surface area (Å²) in [6.07, 6.45) is 5.74. The van der Waals surface area contributed by atoms with Crippen LogP contribution in [0.1, 0.15) is 45.1 Å². The van der Waals surface area contributed by atoms with E-state index in [0.717, 1.165) is 19.5 Å². The molecular formula is C16H27NO. The van der Waals surface area contributed by atoms with Gasteiger partial charge in [-0.15, -0.1) is 0 Å². The Hall–Kier alpha value is -1.02. The second kappa shape index (κ2) is 8.98. The van der Waals surface area contributed by atoms with Crippen LogP contribution >= 0.6 is 0 Å². The van der Waals surface area contributed by atoms with Gasteiger partial charge in [0.2, 0.25) is 0 Å². The van der Waals surface area contributed by atoms with Gasteiger partial charge in [-0.1, -0.05) is 38.8 Å². The topological polar surface area (TPSA) is 23.5 Å². The van der Waals surface area contributed by atoms with Crippen LogP contribution in [-0.2, 0) is 6.42 Å². The molecule has 0 unspecified atom stereocenters. The van der Waals surface area contributed by atoms with Gasteiger partial charge in [0.1, 0.15) is 0 Å². The van der Waals surface area contributed by atoms with Crippen molar-refractivity contribution in [3.8, 4) is 0 Å². The molecule has 0 heterocycles. The number of hydrogen-bond donors (Lipinski definition) is 1. The summed E-state index contributed by atoms with van der Waals surface area (Å²) in [6.45, 7) is 7.01. The zero-order valence-corrected chi connectivity index (χ0v) is 11.9. The van der Waals surface area contributed by atoms with Gasteiger partial charge in [-0.3, -0.25) is 0 Å². The molecule has 0 aromatic heterocycles. The third-order valence-electron chi connectivity index (χ3n) is 3.27. The lowest BCUT2D eigenvalue weighted by Gasteiger charge is -2.25. The third-order valence-corrected chi connectivity index (χ3v) is 3.27. The van der Waals surface area contributed by atoms with Gasteiger partial charge in [-0.2, -0.15) is 0 Å². The quantitative estimate of drug-likeness (QED) is 0.722. The van der Waals surface area contributed by atoms with Gasteiger partial charge in [0, 0.05) is 25.4 Å². The van der Waals surface area contributed by atoms with Crippen LogP contribution in [0.25, 0.3) is 0 Å². The maximum absolute atomic E-state index is 8.92. The predicted octanol–water partition coefficient (Wildman–Crippen LogP) is 3.63. The van der Waals surface area contributed by atoms with E-state index in [0.29, 0.717) is 0 Å². The second-order valence-electron chi connectivity index (χ2n) is 4.83. The van der Waals surface area contributed by atoms with Crippen molar-refractivity contribution in [1.29, 1.82) is 0 Å². The molecule has 18 heavy (non-hydrogen) atoms. The first-order chi connectivity index (χ1) is 8.81. The minimum absolute atomic E-state index is 0.231. The van der Waals surface area contributed by atoms with Gasteiger partial charge in [-0.25, -0.2) is 0 Å². The Kier molecular flexibility index (Phi) is 7.51. The molecule has 1 aromatic rings. The number of rotatable bonds is 9. The first-order valence-electron chi connectivity index (χ1n) is 7.26. The number of benzene rings is 1. The Morgan fingerprint density at radius 2 is 1.50 bits per heavy atom. The van der Waals surface area contributed by atoms with Crippen molar-refractivity contribution in [1.82, 2.24) is 0 Å². The molecule has 0 aliphatic rings. The van der Waals surface area contributed by atoms with Crippen LogP contribution in [0, 0.1) is 0 Å². The van der Waals surface area contributed by atoms with Crippen LogP contribution in [0.15, 0.2) is 24.3 Å². The Bertz CT molecular complexity index is 299. The van der Waals surface area contributed by atoms with Crippen molar-refractivity contribution in [2.75, 3.05) is 24.6 Å². The van der Waals surface area contributed by atoms with E-state index in [1.54, 1.807) is 0 Å². The van der Waals surface area contributed by atoms with E-state index >= 15 is 0 Å². The number of unbranched alkanes of at least 4 members (excludes halogenated alkanes) is 2. The van der Waals surface area contributed by atoms with Gasteiger partial charge in [0.15, 0.2) is 0 Å². The van der Waals surface area contributed by atoms with Crippen molar-refractivity contribution < 1.29 is 5.11 Å². The molecule has 0 saturated carbocycles. The molecule has 2 heteroatoms. The van der Waals surface area contributed by atoms with E-state index in [4.69, 9.17) is 5.11 Å². The van der Waals surface area contributed by atoms with Crippen molar-refractivity contribution in [3.05, 3.63) is 29.8 Å². The third kappa shape index (κ3) is 5.09. The molecule has 0 atom stereocenters. The van der Waals surface area contributed by atoms with Gasteiger partial charge in [-0.05, 0) is 37.0 Å². The lowest BCUT2D eigenvalue weighted by atomic mass is 10.1. The predicted molar refractivity (Wildman–Crippen MR) is 79.3 cm³/mol. The summed E-state index contributed by atoms with van der Waals surface area (Å²) in [4.78, 5) is 2.48. The minimum Gasteiger partial charge on any atom is -0.396 e. The van der Waals surface area contributed by atoms with E-state index in [9.17, 15) is 0 Å². The van der Waals surface area contributed by atoms with Crippen LogP contribution in [0.5, 0.6) is 0 Å². The molecule has 0 amide bonds. The largest absolute Gasteiger partial charge is 0.396 e. The lowest BCUT2D eigenvalue weighted by Crippen LogP contribution is -2.25. The van der Waals surface area contributed by atoms with Crippen LogP contribution < -0.4 is 4.90 Å². The molecule has 0 radical (unpaired) electrons. The Balaban J connectivity index is 2.64. The van der Waals surface area contributed by atoms with Gasteiger partial charge < -0.3 is 10.0 Å². The number of aliphatic hydroxyl groups is 1. The van der Waals surface area contributed by atoms with E-state index in [1.165, 1.54) is 36.9 Å². The lowest BCUT2D eigenvalue weighted by molar-refractivity contribution is 0.299. The molecule has 0 fully saturated rings. The number of nitrogens with zero attached hydrogens (tertiary/aromatic N) is 1. The molecule has 2 nitrogen and oxygen atoms in total. The summed E-state index contributed by atoms with van der Waals surface area (Å²) in [5, 5.41) is 8.92. The van der Waals surface area contributed by atoms with Crippen molar-refractivity contribution in [3.63, 3.8) is 0 Å². The second-order valence-corrected chi connectivity index (χ2v) is 4.83. The van der Waals surface area contributed by atoms with Crippen molar-refractivity contribution in [2.45, 2.75) is 46.0 Å². The minimum atomic E-state index is 0.231. The van der Waals surface area contributed by atoms with E-state index < -0.39 is 0 Å². The standard InChI is InChI=1S/C16H27NO/c1-3-5-12-17(13-6-4-2)16-9-7-15(8-10-16)11-14-18/h7-10,18H,3-6,11-14H2,1-2H3. The first kappa shape index (κ1) is 15.0. The monoisotopic (exact) mass is 249 g/mol. The van der Waals surface area contributed by atoms with Crippen LogP contribution in [0.3, 0.4) is 0 Å². The van der Waals surface area contributed by atoms with Crippen LogP contribution in [0.4, 0.5) is 5.69 Å². The molecule has 1 N–H and O–H groups in total. The van der Waals surface area contributed by atoms with Gasteiger partial charge in [0.25, 0.3) is 0 Å². The molecule has 1 aromatic carbocycles. The summed E-state index contributed by atoms with van der Waals surface area (Å²) in [5.41, 5.74) is 2.53. The normalized spacial score (nSPS) is 10.6. The van der Waals surface area contributed by atoms with Crippen molar-refractivity contribution >= 4 is 5.69 Å². The Morgan fingerprint density at radius 1 is 0.944 bits per heavy atom. The molecule has 0 spiro atoms. The highest BCUT2D eigenvalue weighted by Gasteiger charge is 2.05. The fourth-order valence-corrected chi connectivity index (χ4v) is 2.07. The molecule has 0 aliphatic heterocycles. The average molecular weight is 249 g/mol. The maximum Gasteiger partial charge on any atom is 0.0471 e.